The highest BCUT2D eigenvalue weighted by molar-refractivity contribution is 7.94. The van der Waals surface area contributed by atoms with Crippen LogP contribution in [-0.2, 0) is 21.2 Å². The van der Waals surface area contributed by atoms with Crippen molar-refractivity contribution in [2.75, 3.05) is 29.3 Å². The lowest BCUT2D eigenvalue weighted by Gasteiger charge is -2.18. The van der Waals surface area contributed by atoms with Crippen molar-refractivity contribution in [2.24, 2.45) is 5.92 Å². The fraction of sp³-hybridized carbons (Fsp3) is 0.261. The number of hydrogen-bond acceptors (Lipinski definition) is 5. The molecule has 1 amide bonds. The molecule has 4 rings (SSSR count). The first-order chi connectivity index (χ1) is 15.0. The average molecular weight is 456 g/mol. The normalized spacial score (nSPS) is 16.3. The van der Waals surface area contributed by atoms with Gasteiger partial charge in [0.1, 0.15) is 4.21 Å². The van der Waals surface area contributed by atoms with Crippen LogP contribution < -0.4 is 14.9 Å². The first-order valence-electron chi connectivity index (χ1n) is 10.2. The Hall–Kier alpha value is -2.84. The number of benzene rings is 2. The van der Waals surface area contributed by atoms with E-state index >= 15 is 0 Å². The summed E-state index contributed by atoms with van der Waals surface area (Å²) >= 11 is 1.17. The molecule has 1 unspecified atom stereocenters. The lowest BCUT2D eigenvalue weighted by Crippen LogP contribution is -2.32. The second-order valence-electron chi connectivity index (χ2n) is 7.65. The third-order valence-corrected chi connectivity index (χ3v) is 8.10. The van der Waals surface area contributed by atoms with Gasteiger partial charge in [-0.3, -0.25) is 9.52 Å². The van der Waals surface area contributed by atoms with Crippen molar-refractivity contribution in [3.63, 3.8) is 0 Å². The predicted octanol–water partition coefficient (Wildman–Crippen LogP) is 3.73. The molecule has 1 aliphatic rings. The Morgan fingerprint density at radius 3 is 2.52 bits per heavy atom. The molecule has 1 saturated heterocycles. The average Bonchev–Trinajstić information content (AvgIpc) is 3.47. The second kappa shape index (κ2) is 9.53. The van der Waals surface area contributed by atoms with E-state index in [-0.39, 0.29) is 16.5 Å². The highest BCUT2D eigenvalue weighted by atomic mass is 32.2. The molecule has 31 heavy (non-hydrogen) atoms. The van der Waals surface area contributed by atoms with Crippen LogP contribution in [0.4, 0.5) is 11.4 Å². The number of carbonyl (C=O) groups excluding carboxylic acids is 1. The molecule has 1 aliphatic heterocycles. The van der Waals surface area contributed by atoms with E-state index in [0.29, 0.717) is 18.2 Å². The van der Waals surface area contributed by atoms with E-state index in [2.05, 4.69) is 27.1 Å². The Morgan fingerprint density at radius 1 is 1.03 bits per heavy atom. The van der Waals surface area contributed by atoms with Gasteiger partial charge in [0, 0.05) is 31.0 Å². The standard InChI is InChI=1S/C23H25N3O3S2/c27-22(24-16-19-12-13-26(17-19)21-5-2-1-3-6-21)15-18-8-10-20(11-9-18)25-31(28,29)23-7-4-14-30-23/h1-11,14,19,25H,12-13,15-17H2,(H,24,27). The highest BCUT2D eigenvalue weighted by Crippen LogP contribution is 2.23. The van der Waals surface area contributed by atoms with Crippen molar-refractivity contribution in [3.8, 4) is 0 Å². The lowest BCUT2D eigenvalue weighted by molar-refractivity contribution is -0.120. The van der Waals surface area contributed by atoms with Crippen LogP contribution in [0.5, 0.6) is 0 Å². The summed E-state index contributed by atoms with van der Waals surface area (Å²) in [7, 11) is -3.56. The zero-order valence-corrected chi connectivity index (χ0v) is 18.7. The number of rotatable bonds is 8. The predicted molar refractivity (Wildman–Crippen MR) is 125 cm³/mol. The van der Waals surface area contributed by atoms with Crippen LogP contribution in [-0.4, -0.2) is 34.0 Å². The van der Waals surface area contributed by atoms with Gasteiger partial charge >= 0.3 is 0 Å². The molecule has 0 radical (unpaired) electrons. The van der Waals surface area contributed by atoms with Gasteiger partial charge in [0.05, 0.1) is 6.42 Å². The van der Waals surface area contributed by atoms with Crippen LogP contribution in [0.15, 0.2) is 76.3 Å². The summed E-state index contributed by atoms with van der Waals surface area (Å²) in [6.07, 6.45) is 1.33. The van der Waals surface area contributed by atoms with Gasteiger partial charge in [0.25, 0.3) is 10.0 Å². The van der Waals surface area contributed by atoms with Crippen LogP contribution in [0.3, 0.4) is 0 Å². The Labute approximate surface area is 187 Å². The number of nitrogens with zero attached hydrogens (tertiary/aromatic N) is 1. The van der Waals surface area contributed by atoms with Gasteiger partial charge in [-0.05, 0) is 53.6 Å². The van der Waals surface area contributed by atoms with E-state index < -0.39 is 10.0 Å². The molecule has 1 atom stereocenters. The van der Waals surface area contributed by atoms with Gasteiger partial charge < -0.3 is 10.2 Å². The maximum atomic E-state index is 12.4. The topological polar surface area (TPSA) is 78.5 Å². The van der Waals surface area contributed by atoms with Crippen molar-refractivity contribution in [3.05, 3.63) is 77.7 Å². The van der Waals surface area contributed by atoms with Crippen LogP contribution in [0.25, 0.3) is 0 Å². The van der Waals surface area contributed by atoms with Crippen molar-refractivity contribution in [2.45, 2.75) is 17.1 Å². The molecule has 0 spiro atoms. The zero-order chi connectivity index (χ0) is 21.7. The minimum atomic E-state index is -3.56. The second-order valence-corrected chi connectivity index (χ2v) is 10.5. The molecule has 3 aromatic rings. The molecule has 0 bridgehead atoms. The van der Waals surface area contributed by atoms with E-state index in [1.165, 1.54) is 17.0 Å². The maximum Gasteiger partial charge on any atom is 0.271 e. The molecule has 1 fully saturated rings. The van der Waals surface area contributed by atoms with Crippen LogP contribution in [0, 0.1) is 5.92 Å². The molecular formula is C23H25N3O3S2. The molecule has 2 N–H and O–H groups in total. The number of hydrogen-bond donors (Lipinski definition) is 2. The minimum Gasteiger partial charge on any atom is -0.371 e. The van der Waals surface area contributed by atoms with Gasteiger partial charge in [0.2, 0.25) is 5.91 Å². The fourth-order valence-electron chi connectivity index (χ4n) is 3.69. The molecular weight excluding hydrogens is 430 g/mol. The largest absolute Gasteiger partial charge is 0.371 e. The minimum absolute atomic E-state index is 0.0231. The van der Waals surface area contributed by atoms with Crippen LogP contribution in [0.2, 0.25) is 0 Å². The molecule has 162 valence electrons. The van der Waals surface area contributed by atoms with Crippen molar-refractivity contribution in [1.82, 2.24) is 5.32 Å². The van der Waals surface area contributed by atoms with Crippen molar-refractivity contribution < 1.29 is 13.2 Å². The number of sulfonamides is 1. The first-order valence-corrected chi connectivity index (χ1v) is 12.6. The molecule has 8 heteroatoms. The molecule has 0 saturated carbocycles. The Morgan fingerprint density at radius 2 is 1.81 bits per heavy atom. The van der Waals surface area contributed by atoms with Gasteiger partial charge in [0.15, 0.2) is 0 Å². The van der Waals surface area contributed by atoms with Gasteiger partial charge in [-0.2, -0.15) is 0 Å². The summed E-state index contributed by atoms with van der Waals surface area (Å²) in [6.45, 7) is 2.62. The first kappa shape index (κ1) is 21.4. The van der Waals surface area contributed by atoms with Gasteiger partial charge in [-0.15, -0.1) is 11.3 Å². The number of nitrogens with one attached hydrogen (secondary N) is 2. The summed E-state index contributed by atoms with van der Waals surface area (Å²) in [4.78, 5) is 14.7. The van der Waals surface area contributed by atoms with E-state index in [0.717, 1.165) is 25.1 Å². The highest BCUT2D eigenvalue weighted by Gasteiger charge is 2.23. The van der Waals surface area contributed by atoms with Crippen molar-refractivity contribution in [1.29, 1.82) is 0 Å². The van der Waals surface area contributed by atoms with Crippen molar-refractivity contribution >= 4 is 38.6 Å². The fourth-order valence-corrected chi connectivity index (χ4v) is 5.74. The van der Waals surface area contributed by atoms with Crippen LogP contribution >= 0.6 is 11.3 Å². The third kappa shape index (κ3) is 5.65. The summed E-state index contributed by atoms with van der Waals surface area (Å²) < 4.78 is 27.4. The van der Waals surface area contributed by atoms with Crippen LogP contribution in [0.1, 0.15) is 12.0 Å². The van der Waals surface area contributed by atoms with E-state index in [9.17, 15) is 13.2 Å². The van der Waals surface area contributed by atoms with E-state index in [4.69, 9.17) is 0 Å². The van der Waals surface area contributed by atoms with E-state index in [1.807, 2.05) is 18.2 Å². The molecule has 6 nitrogen and oxygen atoms in total. The summed E-state index contributed by atoms with van der Waals surface area (Å²) in [5.41, 5.74) is 2.55. The Balaban J connectivity index is 1.24. The summed E-state index contributed by atoms with van der Waals surface area (Å²) in [5.74, 6) is 0.420. The molecule has 1 aromatic heterocycles. The SMILES string of the molecule is O=C(Cc1ccc(NS(=O)(=O)c2cccs2)cc1)NCC1CCN(c2ccccc2)C1. The molecule has 2 heterocycles. The quantitative estimate of drug-likeness (QED) is 0.543. The van der Waals surface area contributed by atoms with Gasteiger partial charge in [-0.25, -0.2) is 8.42 Å². The number of thiophene rings is 1. The van der Waals surface area contributed by atoms with Gasteiger partial charge in [-0.1, -0.05) is 36.4 Å². The monoisotopic (exact) mass is 455 g/mol. The number of para-hydroxylation sites is 1. The maximum absolute atomic E-state index is 12.4. The third-order valence-electron chi connectivity index (χ3n) is 5.33. The molecule has 2 aromatic carbocycles. The Kier molecular flexibility index (Phi) is 6.58. The molecule has 0 aliphatic carbocycles. The number of amides is 1. The number of anilines is 2. The lowest BCUT2D eigenvalue weighted by atomic mass is 10.1. The number of carbonyl (C=O) groups is 1. The van der Waals surface area contributed by atoms with E-state index in [1.54, 1.807) is 41.8 Å². The summed E-state index contributed by atoms with van der Waals surface area (Å²) in [5, 5.41) is 4.76. The smallest absolute Gasteiger partial charge is 0.271 e. The Bertz CT molecular complexity index is 1100. The zero-order valence-electron chi connectivity index (χ0n) is 17.0. The summed E-state index contributed by atoms with van der Waals surface area (Å²) in [6, 6.07) is 20.5.